The second-order valence-corrected chi connectivity index (χ2v) is 8.01. The van der Waals surface area contributed by atoms with Crippen LogP contribution in [0.4, 0.5) is 0 Å². The van der Waals surface area contributed by atoms with Crippen molar-refractivity contribution in [3.63, 3.8) is 0 Å². The number of hydrogen-bond acceptors (Lipinski definition) is 6. The fourth-order valence-electron chi connectivity index (χ4n) is 4.36. The van der Waals surface area contributed by atoms with Crippen molar-refractivity contribution in [3.8, 4) is 17.2 Å². The largest absolute Gasteiger partial charge is 0.483 e. The first-order valence-corrected chi connectivity index (χ1v) is 10.7. The van der Waals surface area contributed by atoms with Crippen molar-refractivity contribution in [2.45, 2.75) is 51.5 Å². The molecule has 2 saturated heterocycles. The number of rotatable bonds is 7. The van der Waals surface area contributed by atoms with E-state index in [4.69, 9.17) is 9.26 Å². The van der Waals surface area contributed by atoms with Crippen LogP contribution in [-0.2, 0) is 4.79 Å². The first-order chi connectivity index (χ1) is 14.2. The van der Waals surface area contributed by atoms with Crippen molar-refractivity contribution in [1.82, 2.24) is 19.9 Å². The van der Waals surface area contributed by atoms with Gasteiger partial charge in [-0.2, -0.15) is 4.98 Å². The number of benzene rings is 1. The van der Waals surface area contributed by atoms with Gasteiger partial charge >= 0.3 is 0 Å². The molecule has 2 fully saturated rings. The molecule has 0 bridgehead atoms. The molecular formula is C22H30N4O3. The molecule has 4 rings (SSSR count). The molecule has 3 heterocycles. The summed E-state index contributed by atoms with van der Waals surface area (Å²) in [6.45, 7) is 6.14. The van der Waals surface area contributed by atoms with Gasteiger partial charge in [0.05, 0.1) is 5.56 Å². The molecule has 0 unspecified atom stereocenters. The number of carbonyl (C=O) groups excluding carboxylic acids is 1. The van der Waals surface area contributed by atoms with Gasteiger partial charge in [-0.25, -0.2) is 0 Å². The van der Waals surface area contributed by atoms with Crippen LogP contribution in [0.15, 0.2) is 28.8 Å². The summed E-state index contributed by atoms with van der Waals surface area (Å²) in [7, 11) is 0. The first kappa shape index (κ1) is 19.9. The van der Waals surface area contributed by atoms with Gasteiger partial charge in [0.25, 0.3) is 11.8 Å². The highest BCUT2D eigenvalue weighted by atomic mass is 16.5. The lowest BCUT2D eigenvalue weighted by molar-refractivity contribution is -0.137. The van der Waals surface area contributed by atoms with Gasteiger partial charge in [-0.3, -0.25) is 4.79 Å². The average molecular weight is 399 g/mol. The number of para-hydroxylation sites is 1. The highest BCUT2D eigenvalue weighted by molar-refractivity contribution is 5.78. The minimum atomic E-state index is 0.0321. The van der Waals surface area contributed by atoms with Crippen LogP contribution < -0.4 is 4.74 Å². The first-order valence-electron chi connectivity index (χ1n) is 10.7. The highest BCUT2D eigenvalue weighted by Crippen LogP contribution is 2.29. The van der Waals surface area contributed by atoms with Gasteiger partial charge in [0.1, 0.15) is 5.75 Å². The van der Waals surface area contributed by atoms with Crippen molar-refractivity contribution in [3.05, 3.63) is 30.1 Å². The van der Waals surface area contributed by atoms with E-state index in [1.165, 1.54) is 32.4 Å². The van der Waals surface area contributed by atoms with E-state index in [0.29, 0.717) is 29.1 Å². The third kappa shape index (κ3) is 4.96. The molecule has 0 spiro atoms. The van der Waals surface area contributed by atoms with Crippen molar-refractivity contribution in [2.24, 2.45) is 0 Å². The Morgan fingerprint density at radius 2 is 1.97 bits per heavy atom. The van der Waals surface area contributed by atoms with Crippen LogP contribution in [0.3, 0.4) is 0 Å². The molecule has 1 amide bonds. The minimum absolute atomic E-state index is 0.0321. The summed E-state index contributed by atoms with van der Waals surface area (Å²) < 4.78 is 11.2. The topological polar surface area (TPSA) is 71.7 Å². The molecule has 0 radical (unpaired) electrons. The van der Waals surface area contributed by atoms with Gasteiger partial charge < -0.3 is 19.1 Å². The summed E-state index contributed by atoms with van der Waals surface area (Å²) in [5.74, 6) is 1.63. The maximum absolute atomic E-state index is 13.0. The predicted octanol–water partition coefficient (Wildman–Crippen LogP) is 3.29. The number of amides is 1. The van der Waals surface area contributed by atoms with E-state index in [0.717, 1.165) is 32.4 Å². The van der Waals surface area contributed by atoms with Gasteiger partial charge in [0, 0.05) is 19.1 Å². The van der Waals surface area contributed by atoms with Crippen molar-refractivity contribution < 1.29 is 14.1 Å². The molecule has 0 saturated carbocycles. The van der Waals surface area contributed by atoms with E-state index in [-0.39, 0.29) is 12.5 Å². The van der Waals surface area contributed by atoms with E-state index in [1.54, 1.807) is 6.92 Å². The molecule has 1 aromatic heterocycles. The Balaban J connectivity index is 1.37. The van der Waals surface area contributed by atoms with Crippen molar-refractivity contribution in [1.29, 1.82) is 0 Å². The van der Waals surface area contributed by atoms with E-state index in [2.05, 4.69) is 15.0 Å². The zero-order chi connectivity index (χ0) is 20.1. The van der Waals surface area contributed by atoms with Gasteiger partial charge in [-0.15, -0.1) is 0 Å². The molecule has 7 nitrogen and oxygen atoms in total. The number of aromatic nitrogens is 2. The average Bonchev–Trinajstić information content (AvgIpc) is 3.42. The van der Waals surface area contributed by atoms with Crippen LogP contribution in [0.2, 0.25) is 0 Å². The molecule has 0 N–H and O–H groups in total. The summed E-state index contributed by atoms with van der Waals surface area (Å²) in [5.41, 5.74) is 0.713. The third-order valence-electron chi connectivity index (χ3n) is 5.92. The lowest BCUT2D eigenvalue weighted by Gasteiger charge is -2.36. The number of nitrogens with zero attached hydrogens (tertiary/aromatic N) is 4. The van der Waals surface area contributed by atoms with Crippen LogP contribution in [0.1, 0.15) is 44.3 Å². The number of aryl methyl sites for hydroxylation is 1. The summed E-state index contributed by atoms with van der Waals surface area (Å²) in [6.07, 6.45) is 7.04. The van der Waals surface area contributed by atoms with Gasteiger partial charge in [-0.05, 0) is 70.7 Å². The molecule has 7 heteroatoms. The lowest BCUT2D eigenvalue weighted by Crippen LogP contribution is -2.47. The van der Waals surface area contributed by atoms with Crippen LogP contribution in [0, 0.1) is 6.92 Å². The maximum atomic E-state index is 13.0. The molecule has 1 atom stereocenters. The molecule has 29 heavy (non-hydrogen) atoms. The Morgan fingerprint density at radius 1 is 1.17 bits per heavy atom. The van der Waals surface area contributed by atoms with E-state index < -0.39 is 0 Å². The van der Waals surface area contributed by atoms with Gasteiger partial charge in [-0.1, -0.05) is 17.3 Å². The Kier molecular flexibility index (Phi) is 6.44. The lowest BCUT2D eigenvalue weighted by atomic mass is 9.99. The maximum Gasteiger partial charge on any atom is 0.261 e. The van der Waals surface area contributed by atoms with Crippen LogP contribution in [0.5, 0.6) is 5.75 Å². The van der Waals surface area contributed by atoms with E-state index in [1.807, 2.05) is 29.2 Å². The fourth-order valence-corrected chi connectivity index (χ4v) is 4.36. The smallest absolute Gasteiger partial charge is 0.261 e. The van der Waals surface area contributed by atoms with Gasteiger partial charge in [0.2, 0.25) is 0 Å². The summed E-state index contributed by atoms with van der Waals surface area (Å²) >= 11 is 0. The second-order valence-electron chi connectivity index (χ2n) is 8.01. The Morgan fingerprint density at radius 3 is 2.76 bits per heavy atom. The molecule has 156 valence electrons. The Labute approximate surface area is 172 Å². The molecule has 1 aromatic carbocycles. The summed E-state index contributed by atoms with van der Waals surface area (Å²) in [4.78, 5) is 21.8. The zero-order valence-electron chi connectivity index (χ0n) is 17.2. The second kappa shape index (κ2) is 9.39. The van der Waals surface area contributed by atoms with Crippen LogP contribution >= 0.6 is 0 Å². The monoisotopic (exact) mass is 398 g/mol. The molecule has 2 aromatic rings. The summed E-state index contributed by atoms with van der Waals surface area (Å²) in [5, 5.41) is 3.84. The van der Waals surface area contributed by atoms with Crippen molar-refractivity contribution in [2.75, 3.05) is 32.8 Å². The number of piperidine rings is 1. The highest BCUT2D eigenvalue weighted by Gasteiger charge is 2.28. The molecule has 0 aliphatic carbocycles. The summed E-state index contributed by atoms with van der Waals surface area (Å²) in [6, 6.07) is 7.80. The van der Waals surface area contributed by atoms with Gasteiger partial charge in [0.15, 0.2) is 12.4 Å². The fraction of sp³-hybridized carbons (Fsp3) is 0.591. The van der Waals surface area contributed by atoms with E-state index >= 15 is 0 Å². The quantitative estimate of drug-likeness (QED) is 0.713. The Hall–Kier alpha value is -2.41. The normalized spacial score (nSPS) is 20.2. The molecule has 2 aliphatic heterocycles. The Bertz CT molecular complexity index is 816. The number of ether oxygens (including phenoxy) is 1. The minimum Gasteiger partial charge on any atom is -0.483 e. The number of likely N-dealkylation sites (tertiary alicyclic amines) is 2. The van der Waals surface area contributed by atoms with Crippen LogP contribution in [0.25, 0.3) is 11.5 Å². The third-order valence-corrected chi connectivity index (χ3v) is 5.92. The number of hydrogen-bond donors (Lipinski definition) is 0. The van der Waals surface area contributed by atoms with Crippen LogP contribution in [-0.4, -0.2) is 64.7 Å². The SMILES string of the molecule is Cc1noc(-c2ccccc2OCC(=O)N2CCCC[C@H]2CCN2CCCC2)n1. The molecular weight excluding hydrogens is 368 g/mol. The standard InChI is InChI=1S/C22H30N4O3/c1-17-23-22(29-24-17)19-9-2-3-10-20(19)28-16-21(27)26-14-5-4-8-18(26)11-15-25-12-6-7-13-25/h2-3,9-10,18H,4-8,11-16H2,1H3/t18-/m0/s1. The molecule has 2 aliphatic rings. The zero-order valence-corrected chi connectivity index (χ0v) is 17.2. The number of carbonyl (C=O) groups is 1. The van der Waals surface area contributed by atoms with Crippen molar-refractivity contribution >= 4 is 5.91 Å². The van der Waals surface area contributed by atoms with E-state index in [9.17, 15) is 4.79 Å². The predicted molar refractivity (Wildman–Crippen MR) is 110 cm³/mol.